The summed E-state index contributed by atoms with van der Waals surface area (Å²) in [6, 6.07) is 5.70. The molecular weight excluding hydrogens is 240 g/mol. The fourth-order valence-corrected chi connectivity index (χ4v) is 2.22. The van der Waals surface area contributed by atoms with Gasteiger partial charge in [-0.25, -0.2) is 4.98 Å². The Labute approximate surface area is 113 Å². The lowest BCUT2D eigenvalue weighted by Crippen LogP contribution is -2.21. The van der Waals surface area contributed by atoms with Crippen molar-refractivity contribution in [1.82, 2.24) is 19.8 Å². The molecule has 2 aromatic rings. The highest BCUT2D eigenvalue weighted by atomic mass is 16.2. The summed E-state index contributed by atoms with van der Waals surface area (Å²) in [5.74, 6) is 0.998. The number of nitrogens with zero attached hydrogens (tertiary/aromatic N) is 3. The molecule has 5 heteroatoms. The predicted molar refractivity (Wildman–Crippen MR) is 76.2 cm³/mol. The number of aryl methyl sites for hydroxylation is 1. The summed E-state index contributed by atoms with van der Waals surface area (Å²) in [6.45, 7) is 3.69. The molecule has 0 saturated carbocycles. The molecule has 0 aliphatic carbocycles. The number of fused-ring (bicyclic) bond motifs is 1. The van der Waals surface area contributed by atoms with Crippen molar-refractivity contribution in [1.29, 1.82) is 0 Å². The molecule has 1 amide bonds. The van der Waals surface area contributed by atoms with Crippen molar-refractivity contribution in [3.8, 4) is 0 Å². The monoisotopic (exact) mass is 260 g/mol. The molecule has 1 heterocycles. The Hall–Kier alpha value is -1.88. The van der Waals surface area contributed by atoms with E-state index in [2.05, 4.69) is 21.8 Å². The zero-order chi connectivity index (χ0) is 14.0. The first-order chi connectivity index (χ1) is 9.08. The van der Waals surface area contributed by atoms with Gasteiger partial charge in [-0.15, -0.1) is 0 Å². The van der Waals surface area contributed by atoms with E-state index in [1.54, 1.807) is 19.0 Å². The summed E-state index contributed by atoms with van der Waals surface area (Å²) in [6.07, 6.45) is 0. The SMILES string of the molecule is CCn1c(CNC)nc2cc(C(=O)N(C)C)ccc21. The third-order valence-corrected chi connectivity index (χ3v) is 3.13. The number of carbonyl (C=O) groups excluding carboxylic acids is 1. The van der Waals surface area contributed by atoms with Gasteiger partial charge in [0, 0.05) is 26.2 Å². The largest absolute Gasteiger partial charge is 0.345 e. The summed E-state index contributed by atoms with van der Waals surface area (Å²) in [4.78, 5) is 18.1. The number of nitrogens with one attached hydrogen (secondary N) is 1. The van der Waals surface area contributed by atoms with Crippen LogP contribution in [-0.4, -0.2) is 41.5 Å². The van der Waals surface area contributed by atoms with Crippen molar-refractivity contribution in [2.45, 2.75) is 20.0 Å². The van der Waals surface area contributed by atoms with Gasteiger partial charge < -0.3 is 14.8 Å². The van der Waals surface area contributed by atoms with Crippen LogP contribution in [0.5, 0.6) is 0 Å². The van der Waals surface area contributed by atoms with Gasteiger partial charge in [0.2, 0.25) is 0 Å². The topological polar surface area (TPSA) is 50.2 Å². The molecule has 0 saturated heterocycles. The van der Waals surface area contributed by atoms with Crippen LogP contribution in [0.15, 0.2) is 18.2 Å². The zero-order valence-electron chi connectivity index (χ0n) is 11.9. The molecule has 0 radical (unpaired) electrons. The van der Waals surface area contributed by atoms with Crippen molar-refractivity contribution < 1.29 is 4.79 Å². The lowest BCUT2D eigenvalue weighted by molar-refractivity contribution is 0.0828. The van der Waals surface area contributed by atoms with Gasteiger partial charge in [-0.1, -0.05) is 0 Å². The molecule has 0 spiro atoms. The number of rotatable bonds is 4. The highest BCUT2D eigenvalue weighted by molar-refractivity contribution is 5.97. The number of hydrogen-bond acceptors (Lipinski definition) is 3. The van der Waals surface area contributed by atoms with Crippen LogP contribution in [0.2, 0.25) is 0 Å². The molecule has 0 aliphatic rings. The van der Waals surface area contributed by atoms with Gasteiger partial charge in [0.05, 0.1) is 17.6 Å². The van der Waals surface area contributed by atoms with Crippen molar-refractivity contribution in [3.05, 3.63) is 29.6 Å². The van der Waals surface area contributed by atoms with E-state index in [1.807, 2.05) is 25.2 Å². The third kappa shape index (κ3) is 2.46. The fraction of sp³-hybridized carbons (Fsp3) is 0.429. The minimum atomic E-state index is 0.00288. The minimum Gasteiger partial charge on any atom is -0.345 e. The Kier molecular flexibility index (Phi) is 3.85. The second-order valence-electron chi connectivity index (χ2n) is 4.71. The van der Waals surface area contributed by atoms with Gasteiger partial charge in [-0.2, -0.15) is 0 Å². The number of amides is 1. The number of hydrogen-bond donors (Lipinski definition) is 1. The average Bonchev–Trinajstić information content (AvgIpc) is 2.74. The van der Waals surface area contributed by atoms with Crippen LogP contribution in [0.25, 0.3) is 11.0 Å². The second-order valence-corrected chi connectivity index (χ2v) is 4.71. The van der Waals surface area contributed by atoms with E-state index in [4.69, 9.17) is 0 Å². The molecule has 1 aromatic heterocycles. The van der Waals surface area contributed by atoms with Crippen molar-refractivity contribution in [2.24, 2.45) is 0 Å². The van der Waals surface area contributed by atoms with Crippen molar-refractivity contribution >= 4 is 16.9 Å². The molecule has 0 unspecified atom stereocenters. The molecule has 1 aromatic carbocycles. The average molecular weight is 260 g/mol. The first kappa shape index (κ1) is 13.5. The van der Waals surface area contributed by atoms with Gasteiger partial charge in [0.15, 0.2) is 0 Å². The molecule has 19 heavy (non-hydrogen) atoms. The van der Waals surface area contributed by atoms with Gasteiger partial charge in [-0.3, -0.25) is 4.79 Å². The molecule has 0 aliphatic heterocycles. The van der Waals surface area contributed by atoms with Crippen LogP contribution in [0, 0.1) is 0 Å². The molecule has 0 fully saturated rings. The molecule has 0 atom stereocenters. The van der Waals surface area contributed by atoms with Crippen molar-refractivity contribution in [3.63, 3.8) is 0 Å². The first-order valence-corrected chi connectivity index (χ1v) is 6.44. The van der Waals surface area contributed by atoms with Crippen LogP contribution < -0.4 is 5.32 Å². The molecule has 5 nitrogen and oxygen atoms in total. The highest BCUT2D eigenvalue weighted by Crippen LogP contribution is 2.18. The van der Waals surface area contributed by atoms with Gasteiger partial charge in [0.25, 0.3) is 5.91 Å². The van der Waals surface area contributed by atoms with E-state index < -0.39 is 0 Å². The van der Waals surface area contributed by atoms with E-state index in [0.29, 0.717) is 5.56 Å². The summed E-state index contributed by atoms with van der Waals surface area (Å²) in [5.41, 5.74) is 2.62. The van der Waals surface area contributed by atoms with Gasteiger partial charge in [-0.05, 0) is 32.2 Å². The van der Waals surface area contributed by atoms with Crippen LogP contribution in [0.1, 0.15) is 23.1 Å². The number of imidazole rings is 1. The maximum absolute atomic E-state index is 12.0. The molecule has 1 N–H and O–H groups in total. The Morgan fingerprint density at radius 1 is 1.42 bits per heavy atom. The Balaban J connectivity index is 2.52. The van der Waals surface area contributed by atoms with Crippen LogP contribution in [-0.2, 0) is 13.1 Å². The third-order valence-electron chi connectivity index (χ3n) is 3.13. The number of aromatic nitrogens is 2. The van der Waals surface area contributed by atoms with E-state index in [0.717, 1.165) is 29.9 Å². The van der Waals surface area contributed by atoms with Crippen LogP contribution in [0.4, 0.5) is 0 Å². The smallest absolute Gasteiger partial charge is 0.253 e. The number of benzene rings is 1. The second kappa shape index (κ2) is 5.40. The normalized spacial score (nSPS) is 10.9. The standard InChI is InChI=1S/C14H20N4O/c1-5-18-12-7-6-10(14(19)17(3)4)8-11(12)16-13(18)9-15-2/h6-8,15H,5,9H2,1-4H3. The Morgan fingerprint density at radius 2 is 2.16 bits per heavy atom. The quantitative estimate of drug-likeness (QED) is 0.906. The Morgan fingerprint density at radius 3 is 2.74 bits per heavy atom. The maximum Gasteiger partial charge on any atom is 0.253 e. The van der Waals surface area contributed by atoms with E-state index in [1.165, 1.54) is 0 Å². The molecule has 102 valence electrons. The first-order valence-electron chi connectivity index (χ1n) is 6.44. The van der Waals surface area contributed by atoms with Crippen LogP contribution >= 0.6 is 0 Å². The zero-order valence-corrected chi connectivity index (χ0v) is 11.9. The highest BCUT2D eigenvalue weighted by Gasteiger charge is 2.13. The fourth-order valence-electron chi connectivity index (χ4n) is 2.22. The van der Waals surface area contributed by atoms with Crippen LogP contribution in [0.3, 0.4) is 0 Å². The summed E-state index contributed by atoms with van der Waals surface area (Å²) in [5, 5.41) is 3.12. The number of carbonyl (C=O) groups is 1. The van der Waals surface area contributed by atoms with E-state index >= 15 is 0 Å². The lowest BCUT2D eigenvalue weighted by atomic mass is 10.2. The molecule has 2 rings (SSSR count). The summed E-state index contributed by atoms with van der Waals surface area (Å²) >= 11 is 0. The van der Waals surface area contributed by atoms with Gasteiger partial charge >= 0.3 is 0 Å². The van der Waals surface area contributed by atoms with E-state index in [9.17, 15) is 4.79 Å². The maximum atomic E-state index is 12.0. The predicted octanol–water partition coefficient (Wildman–Crippen LogP) is 1.48. The summed E-state index contributed by atoms with van der Waals surface area (Å²) < 4.78 is 2.16. The van der Waals surface area contributed by atoms with Gasteiger partial charge in [0.1, 0.15) is 5.82 Å². The Bertz CT molecular complexity index is 601. The van der Waals surface area contributed by atoms with E-state index in [-0.39, 0.29) is 5.91 Å². The summed E-state index contributed by atoms with van der Waals surface area (Å²) in [7, 11) is 5.41. The van der Waals surface area contributed by atoms with Crippen molar-refractivity contribution in [2.75, 3.05) is 21.1 Å². The lowest BCUT2D eigenvalue weighted by Gasteiger charge is -2.10. The molecular formula is C14H20N4O. The minimum absolute atomic E-state index is 0.00288. The molecule has 0 bridgehead atoms.